The number of amides is 1. The monoisotopic (exact) mass is 305 g/mol. The first-order valence-corrected chi connectivity index (χ1v) is 7.93. The molecule has 22 heavy (non-hydrogen) atoms. The molecule has 118 valence electrons. The number of carboxylic acids is 1. The second-order valence-electron chi connectivity index (χ2n) is 6.64. The number of hydrogen-bond acceptors (Lipinski definition) is 5. The van der Waals surface area contributed by atoms with Crippen molar-refractivity contribution in [3.05, 3.63) is 5.82 Å². The summed E-state index contributed by atoms with van der Waals surface area (Å²) in [5, 5.41) is 21.6. The van der Waals surface area contributed by atoms with Gasteiger partial charge in [0.2, 0.25) is 5.91 Å². The molecule has 0 bridgehead atoms. The lowest BCUT2D eigenvalue weighted by Gasteiger charge is -2.24. The van der Waals surface area contributed by atoms with Crippen molar-refractivity contribution >= 4 is 11.9 Å². The van der Waals surface area contributed by atoms with Gasteiger partial charge in [-0.1, -0.05) is 6.42 Å². The van der Waals surface area contributed by atoms with Crippen molar-refractivity contribution < 1.29 is 14.7 Å². The van der Waals surface area contributed by atoms with E-state index in [9.17, 15) is 14.7 Å². The Kier molecular flexibility index (Phi) is 3.12. The zero-order chi connectivity index (χ0) is 15.3. The number of likely N-dealkylation sites (tertiary alicyclic amines) is 1. The summed E-state index contributed by atoms with van der Waals surface area (Å²) in [6.45, 7) is 0.521. The number of carbonyl (C=O) groups excluding carboxylic acids is 1. The van der Waals surface area contributed by atoms with Gasteiger partial charge < -0.3 is 10.0 Å². The number of tetrazole rings is 1. The highest BCUT2D eigenvalue weighted by atomic mass is 16.4. The third-order valence-electron chi connectivity index (χ3n) is 5.15. The molecule has 1 aromatic heterocycles. The van der Waals surface area contributed by atoms with Crippen molar-refractivity contribution in [2.75, 3.05) is 6.54 Å². The minimum atomic E-state index is -0.895. The maximum Gasteiger partial charge on any atom is 0.326 e. The molecule has 1 amide bonds. The van der Waals surface area contributed by atoms with Crippen LogP contribution >= 0.6 is 0 Å². The van der Waals surface area contributed by atoms with E-state index in [4.69, 9.17) is 0 Å². The molecule has 8 heteroatoms. The van der Waals surface area contributed by atoms with Gasteiger partial charge in [-0.25, -0.2) is 4.79 Å². The molecule has 1 aliphatic heterocycles. The van der Waals surface area contributed by atoms with Crippen LogP contribution in [0, 0.1) is 11.8 Å². The topological polar surface area (TPSA) is 101 Å². The first-order valence-electron chi connectivity index (χ1n) is 7.93. The summed E-state index contributed by atoms with van der Waals surface area (Å²) in [6, 6.07) is -0.688. The van der Waals surface area contributed by atoms with E-state index < -0.39 is 12.0 Å². The first kappa shape index (κ1) is 13.7. The van der Waals surface area contributed by atoms with E-state index in [2.05, 4.69) is 15.4 Å². The standard InChI is InChI=1S/C14H19N5O3/c20-11(7-19-16-13(15-17-19)8-4-5-8)18-6-9-2-1-3-10(9)12(18)14(21)22/h8-10,12H,1-7H2,(H,21,22)/t9-,10-,12+/m1/s1. The maximum absolute atomic E-state index is 12.5. The largest absolute Gasteiger partial charge is 0.480 e. The number of hydrogen-bond donors (Lipinski definition) is 1. The molecule has 8 nitrogen and oxygen atoms in total. The van der Waals surface area contributed by atoms with Crippen LogP contribution in [0.3, 0.4) is 0 Å². The SMILES string of the molecule is O=C(O)[C@@H]1[C@@H]2CCC[C@@H]2CN1C(=O)Cn1nnc(C2CC2)n1. The Morgan fingerprint density at radius 3 is 2.77 bits per heavy atom. The van der Waals surface area contributed by atoms with E-state index in [1.807, 2.05) is 0 Å². The third kappa shape index (κ3) is 2.26. The molecule has 1 aromatic rings. The first-order chi connectivity index (χ1) is 10.6. The Morgan fingerprint density at radius 2 is 2.05 bits per heavy atom. The minimum absolute atomic E-state index is 0.0249. The van der Waals surface area contributed by atoms with Gasteiger partial charge in [0.05, 0.1) is 0 Å². The van der Waals surface area contributed by atoms with Crippen LogP contribution in [0.15, 0.2) is 0 Å². The number of rotatable bonds is 4. The molecule has 0 unspecified atom stereocenters. The molecular weight excluding hydrogens is 286 g/mol. The Bertz CT molecular complexity index is 611. The number of fused-ring (bicyclic) bond motifs is 1. The lowest BCUT2D eigenvalue weighted by Crippen LogP contribution is -2.44. The van der Waals surface area contributed by atoms with Crippen LogP contribution in [-0.2, 0) is 16.1 Å². The van der Waals surface area contributed by atoms with Gasteiger partial charge in [0.25, 0.3) is 0 Å². The molecule has 2 heterocycles. The smallest absolute Gasteiger partial charge is 0.326 e. The van der Waals surface area contributed by atoms with Gasteiger partial charge in [0.15, 0.2) is 5.82 Å². The Balaban J connectivity index is 1.47. The van der Waals surface area contributed by atoms with Crippen molar-refractivity contribution in [1.29, 1.82) is 0 Å². The predicted octanol–water partition coefficient (Wildman–Crippen LogP) is 0.262. The fraction of sp³-hybridized carbons (Fsp3) is 0.786. The highest BCUT2D eigenvalue weighted by Crippen LogP contribution is 2.42. The fourth-order valence-electron chi connectivity index (χ4n) is 3.92. The normalized spacial score (nSPS) is 30.5. The highest BCUT2D eigenvalue weighted by molar-refractivity contribution is 5.84. The molecule has 3 atom stereocenters. The Labute approximate surface area is 127 Å². The maximum atomic E-state index is 12.5. The van der Waals surface area contributed by atoms with Crippen molar-refractivity contribution in [2.45, 2.75) is 50.6 Å². The average Bonchev–Trinajstić information content (AvgIpc) is 2.91. The van der Waals surface area contributed by atoms with Gasteiger partial charge in [-0.3, -0.25) is 4.79 Å². The van der Waals surface area contributed by atoms with Gasteiger partial charge in [-0.2, -0.15) is 4.80 Å². The molecule has 2 saturated carbocycles. The molecule has 2 aliphatic carbocycles. The van der Waals surface area contributed by atoms with Crippen molar-refractivity contribution in [1.82, 2.24) is 25.1 Å². The van der Waals surface area contributed by atoms with E-state index in [0.29, 0.717) is 24.2 Å². The number of nitrogens with zero attached hydrogens (tertiary/aromatic N) is 5. The average molecular weight is 305 g/mol. The minimum Gasteiger partial charge on any atom is -0.480 e. The third-order valence-corrected chi connectivity index (χ3v) is 5.15. The fourth-order valence-corrected chi connectivity index (χ4v) is 3.92. The van der Waals surface area contributed by atoms with Crippen LogP contribution in [0.1, 0.15) is 43.8 Å². The summed E-state index contributed by atoms with van der Waals surface area (Å²) in [6.07, 6.45) is 5.15. The molecular formula is C14H19N5O3. The molecule has 0 spiro atoms. The van der Waals surface area contributed by atoms with Crippen LogP contribution in [0.2, 0.25) is 0 Å². The Morgan fingerprint density at radius 1 is 1.23 bits per heavy atom. The molecule has 4 rings (SSSR count). The molecule has 0 radical (unpaired) electrons. The summed E-state index contributed by atoms with van der Waals surface area (Å²) >= 11 is 0. The summed E-state index contributed by atoms with van der Waals surface area (Å²) in [7, 11) is 0. The predicted molar refractivity (Wildman–Crippen MR) is 73.8 cm³/mol. The van der Waals surface area contributed by atoms with Crippen molar-refractivity contribution in [2.24, 2.45) is 11.8 Å². The molecule has 1 N–H and O–H groups in total. The van der Waals surface area contributed by atoms with Crippen LogP contribution in [0.4, 0.5) is 0 Å². The quantitative estimate of drug-likeness (QED) is 0.856. The second kappa shape index (κ2) is 5.03. The molecule has 3 aliphatic rings. The lowest BCUT2D eigenvalue weighted by atomic mass is 9.94. The van der Waals surface area contributed by atoms with Gasteiger partial charge in [-0.15, -0.1) is 10.2 Å². The summed E-state index contributed by atoms with van der Waals surface area (Å²) in [4.78, 5) is 26.9. The van der Waals surface area contributed by atoms with Gasteiger partial charge in [0.1, 0.15) is 12.6 Å². The van der Waals surface area contributed by atoms with Crippen molar-refractivity contribution in [3.8, 4) is 0 Å². The van der Waals surface area contributed by atoms with Gasteiger partial charge in [0, 0.05) is 12.5 Å². The van der Waals surface area contributed by atoms with Crippen LogP contribution < -0.4 is 0 Å². The van der Waals surface area contributed by atoms with Crippen LogP contribution in [0.25, 0.3) is 0 Å². The summed E-state index contributed by atoms with van der Waals surface area (Å²) in [5.41, 5.74) is 0. The number of aromatic nitrogens is 4. The van der Waals surface area contributed by atoms with E-state index in [-0.39, 0.29) is 18.4 Å². The summed E-state index contributed by atoms with van der Waals surface area (Å²) in [5.74, 6) is 0.403. The van der Waals surface area contributed by atoms with E-state index in [1.165, 1.54) is 9.70 Å². The Hall–Kier alpha value is -1.99. The van der Waals surface area contributed by atoms with E-state index >= 15 is 0 Å². The van der Waals surface area contributed by atoms with Crippen LogP contribution in [0.5, 0.6) is 0 Å². The molecule has 0 aromatic carbocycles. The molecule has 1 saturated heterocycles. The van der Waals surface area contributed by atoms with Gasteiger partial charge in [-0.05, 0) is 42.7 Å². The zero-order valence-electron chi connectivity index (χ0n) is 12.3. The van der Waals surface area contributed by atoms with Crippen molar-refractivity contribution in [3.63, 3.8) is 0 Å². The highest BCUT2D eigenvalue weighted by Gasteiger charge is 2.49. The summed E-state index contributed by atoms with van der Waals surface area (Å²) < 4.78 is 0. The van der Waals surface area contributed by atoms with Crippen LogP contribution in [-0.4, -0.2) is 54.7 Å². The number of aliphatic carboxylic acids is 1. The van der Waals surface area contributed by atoms with Gasteiger partial charge >= 0.3 is 5.97 Å². The lowest BCUT2D eigenvalue weighted by molar-refractivity contribution is -0.150. The van der Waals surface area contributed by atoms with E-state index in [1.54, 1.807) is 0 Å². The number of carbonyl (C=O) groups is 2. The molecule has 3 fully saturated rings. The zero-order valence-corrected chi connectivity index (χ0v) is 12.3. The second-order valence-corrected chi connectivity index (χ2v) is 6.64. The number of carboxylic acid groups (broad SMARTS) is 1. The van der Waals surface area contributed by atoms with E-state index in [0.717, 1.165) is 32.1 Å².